The van der Waals surface area contributed by atoms with E-state index in [2.05, 4.69) is 30.6 Å². The molecule has 3 unspecified atom stereocenters. The van der Waals surface area contributed by atoms with E-state index in [0.717, 1.165) is 16.8 Å². The summed E-state index contributed by atoms with van der Waals surface area (Å²) >= 11 is 0. The standard InChI is InChI=1S/C21H44N2O2Si/c1-6-7-8-9-10-11-12-13-15-22-16-14-19(3)23(21(22,4)26)17-18(2)20(24)25-5/h18-19H,6-17H2,1-5,26H3. The van der Waals surface area contributed by atoms with Crippen LogP contribution in [0.5, 0.6) is 0 Å². The summed E-state index contributed by atoms with van der Waals surface area (Å²) in [5.41, 5.74) is 0. The van der Waals surface area contributed by atoms with Crippen molar-refractivity contribution in [3.05, 3.63) is 0 Å². The number of ether oxygens (including phenoxy) is 1. The minimum absolute atomic E-state index is 0.0567. The second-order valence-corrected chi connectivity index (χ2v) is 10.6. The highest BCUT2D eigenvalue weighted by molar-refractivity contribution is 6.14. The molecule has 0 amide bonds. The zero-order valence-corrected chi connectivity index (χ0v) is 20.4. The molecule has 5 heteroatoms. The first-order valence-corrected chi connectivity index (χ1v) is 11.9. The van der Waals surface area contributed by atoms with Crippen molar-refractivity contribution in [3.63, 3.8) is 0 Å². The Morgan fingerprint density at radius 1 is 1.19 bits per heavy atom. The maximum atomic E-state index is 11.9. The highest BCUT2D eigenvalue weighted by Crippen LogP contribution is 2.29. The number of hydrogen-bond donors (Lipinski definition) is 0. The summed E-state index contributed by atoms with van der Waals surface area (Å²) < 4.78 is 4.94. The minimum atomic E-state index is -0.0881. The van der Waals surface area contributed by atoms with Gasteiger partial charge in [-0.1, -0.05) is 58.8 Å². The first kappa shape index (κ1) is 23.6. The molecule has 0 aliphatic carbocycles. The van der Waals surface area contributed by atoms with Gasteiger partial charge in [0.25, 0.3) is 0 Å². The largest absolute Gasteiger partial charge is 0.469 e. The Kier molecular flexibility index (Phi) is 11.0. The molecule has 1 aliphatic heterocycles. The zero-order valence-electron chi connectivity index (χ0n) is 18.4. The van der Waals surface area contributed by atoms with E-state index in [1.165, 1.54) is 78.0 Å². The number of nitrogens with zero attached hydrogens (tertiary/aromatic N) is 2. The first-order valence-electron chi connectivity index (χ1n) is 10.9. The molecule has 26 heavy (non-hydrogen) atoms. The lowest BCUT2D eigenvalue weighted by Gasteiger charge is -2.54. The zero-order chi connectivity index (χ0) is 19.6. The maximum absolute atomic E-state index is 11.9. The molecule has 4 nitrogen and oxygen atoms in total. The topological polar surface area (TPSA) is 32.8 Å². The summed E-state index contributed by atoms with van der Waals surface area (Å²) in [6, 6.07) is 0.541. The van der Waals surface area contributed by atoms with Crippen molar-refractivity contribution in [2.75, 3.05) is 26.7 Å². The molecule has 1 fully saturated rings. The second-order valence-electron chi connectivity index (χ2n) is 8.67. The van der Waals surface area contributed by atoms with Gasteiger partial charge >= 0.3 is 5.97 Å². The monoisotopic (exact) mass is 384 g/mol. The van der Waals surface area contributed by atoms with Crippen LogP contribution in [-0.4, -0.2) is 64.1 Å². The smallest absolute Gasteiger partial charge is 0.309 e. The van der Waals surface area contributed by atoms with Crippen molar-refractivity contribution >= 4 is 16.2 Å². The summed E-state index contributed by atoms with van der Waals surface area (Å²) in [7, 11) is 2.58. The molecular formula is C21H44N2O2Si. The first-order chi connectivity index (χ1) is 12.3. The van der Waals surface area contributed by atoms with Crippen molar-refractivity contribution in [2.24, 2.45) is 5.92 Å². The Morgan fingerprint density at radius 2 is 1.77 bits per heavy atom. The molecule has 1 heterocycles. The van der Waals surface area contributed by atoms with E-state index in [1.54, 1.807) is 0 Å². The summed E-state index contributed by atoms with van der Waals surface area (Å²) in [4.78, 5) is 17.1. The Hall–Kier alpha value is -0.393. The summed E-state index contributed by atoms with van der Waals surface area (Å²) in [6.07, 6.45) is 12.2. The number of carbonyl (C=O) groups is 1. The Balaban J connectivity index is 2.43. The number of hydrogen-bond acceptors (Lipinski definition) is 4. The van der Waals surface area contributed by atoms with Gasteiger partial charge in [-0.15, -0.1) is 0 Å². The van der Waals surface area contributed by atoms with Gasteiger partial charge in [-0.2, -0.15) is 0 Å². The molecule has 1 saturated heterocycles. The Morgan fingerprint density at radius 3 is 2.35 bits per heavy atom. The van der Waals surface area contributed by atoms with Gasteiger partial charge in [0, 0.05) is 34.7 Å². The van der Waals surface area contributed by atoms with Gasteiger partial charge < -0.3 is 4.74 Å². The summed E-state index contributed by atoms with van der Waals surface area (Å²) in [6.45, 7) is 12.2. The van der Waals surface area contributed by atoms with Crippen LogP contribution in [0.4, 0.5) is 0 Å². The molecule has 154 valence electrons. The van der Waals surface area contributed by atoms with E-state index < -0.39 is 0 Å². The highest BCUT2D eigenvalue weighted by Gasteiger charge is 2.40. The highest BCUT2D eigenvalue weighted by atomic mass is 28.1. The molecule has 0 spiro atoms. The van der Waals surface area contributed by atoms with Crippen molar-refractivity contribution in [3.8, 4) is 0 Å². The van der Waals surface area contributed by atoms with Crippen LogP contribution in [0.15, 0.2) is 0 Å². The van der Waals surface area contributed by atoms with Crippen molar-refractivity contribution < 1.29 is 9.53 Å². The van der Waals surface area contributed by atoms with Gasteiger partial charge in [0.05, 0.1) is 13.0 Å². The van der Waals surface area contributed by atoms with Gasteiger partial charge in [0.1, 0.15) is 0 Å². The minimum Gasteiger partial charge on any atom is -0.469 e. The lowest BCUT2D eigenvalue weighted by Crippen LogP contribution is -2.67. The lowest BCUT2D eigenvalue weighted by molar-refractivity contribution is -0.147. The SMILES string of the molecule is CCCCCCCCCCN1CCC(C)N(CC(C)C(=O)OC)C1(C)[SiH3]. The third-order valence-electron chi connectivity index (χ3n) is 6.18. The van der Waals surface area contributed by atoms with Crippen LogP contribution in [0.25, 0.3) is 0 Å². The van der Waals surface area contributed by atoms with Crippen LogP contribution in [0, 0.1) is 5.92 Å². The molecule has 0 N–H and O–H groups in total. The average Bonchev–Trinajstić information content (AvgIpc) is 2.61. The molecule has 0 radical (unpaired) electrons. The van der Waals surface area contributed by atoms with Gasteiger partial charge in [-0.05, 0) is 33.2 Å². The Bertz CT molecular complexity index is 403. The third kappa shape index (κ3) is 7.32. The van der Waals surface area contributed by atoms with Crippen LogP contribution < -0.4 is 0 Å². The fourth-order valence-corrected chi connectivity index (χ4v) is 5.36. The normalized spacial score (nSPS) is 26.1. The molecule has 1 aliphatic rings. The molecule has 0 bridgehead atoms. The van der Waals surface area contributed by atoms with E-state index in [9.17, 15) is 4.79 Å². The van der Waals surface area contributed by atoms with Crippen LogP contribution in [0.1, 0.15) is 85.5 Å². The molecule has 0 aromatic heterocycles. The van der Waals surface area contributed by atoms with E-state index in [1.807, 2.05) is 6.92 Å². The number of rotatable bonds is 12. The predicted octanol–water partition coefficient (Wildman–Crippen LogP) is 3.37. The van der Waals surface area contributed by atoms with Crippen molar-refractivity contribution in [2.45, 2.75) is 96.8 Å². The van der Waals surface area contributed by atoms with Crippen LogP contribution in [-0.2, 0) is 9.53 Å². The molecular weight excluding hydrogens is 340 g/mol. The molecule has 3 atom stereocenters. The van der Waals surface area contributed by atoms with E-state index in [4.69, 9.17) is 4.74 Å². The van der Waals surface area contributed by atoms with Crippen LogP contribution in [0.2, 0.25) is 0 Å². The van der Waals surface area contributed by atoms with Gasteiger partial charge in [0.2, 0.25) is 0 Å². The fraction of sp³-hybridized carbons (Fsp3) is 0.952. The van der Waals surface area contributed by atoms with Gasteiger partial charge in [-0.3, -0.25) is 14.6 Å². The lowest BCUT2D eigenvalue weighted by atomic mass is 10.0. The van der Waals surface area contributed by atoms with Crippen molar-refractivity contribution in [1.29, 1.82) is 0 Å². The van der Waals surface area contributed by atoms with E-state index in [0.29, 0.717) is 6.04 Å². The molecule has 0 aromatic carbocycles. The predicted molar refractivity (Wildman–Crippen MR) is 114 cm³/mol. The van der Waals surface area contributed by atoms with Crippen LogP contribution >= 0.6 is 0 Å². The third-order valence-corrected chi connectivity index (χ3v) is 7.39. The molecule has 0 saturated carbocycles. The summed E-state index contributed by atoms with van der Waals surface area (Å²) in [5, 5.41) is 0.140. The number of esters is 1. The van der Waals surface area contributed by atoms with E-state index >= 15 is 0 Å². The van der Waals surface area contributed by atoms with Crippen LogP contribution in [0.3, 0.4) is 0 Å². The fourth-order valence-electron chi connectivity index (χ4n) is 4.29. The summed E-state index contributed by atoms with van der Waals surface area (Å²) in [5.74, 6) is -0.145. The maximum Gasteiger partial charge on any atom is 0.309 e. The Labute approximate surface area is 165 Å². The van der Waals surface area contributed by atoms with Crippen molar-refractivity contribution in [1.82, 2.24) is 9.80 Å². The van der Waals surface area contributed by atoms with Gasteiger partial charge in [0.15, 0.2) is 0 Å². The van der Waals surface area contributed by atoms with E-state index in [-0.39, 0.29) is 17.2 Å². The number of methoxy groups -OCH3 is 1. The second kappa shape index (κ2) is 12.1. The van der Waals surface area contributed by atoms with Gasteiger partial charge in [-0.25, -0.2) is 0 Å². The average molecular weight is 385 g/mol. The number of carbonyl (C=O) groups excluding carboxylic acids is 1. The number of unbranched alkanes of at least 4 members (excludes halogenated alkanes) is 7. The quantitative estimate of drug-likeness (QED) is 0.293. The molecule has 1 rings (SSSR count). The molecule has 0 aromatic rings.